The van der Waals surface area contributed by atoms with E-state index in [0.717, 1.165) is 25.9 Å². The molecule has 0 radical (unpaired) electrons. The van der Waals surface area contributed by atoms with Crippen molar-refractivity contribution in [3.63, 3.8) is 0 Å². The van der Waals surface area contributed by atoms with E-state index in [9.17, 15) is 4.79 Å². The molecule has 3 nitrogen and oxygen atoms in total. The Morgan fingerprint density at radius 1 is 1.42 bits per heavy atom. The number of anilines is 1. The van der Waals surface area contributed by atoms with Gasteiger partial charge in [0.05, 0.1) is 5.92 Å². The Hall–Kier alpha value is -1.51. The SMILES string of the molecule is CCC(C)N(CC)C(=O)C1CNc2ccccc2C1. The number of carbonyl (C=O) groups is 1. The van der Waals surface area contributed by atoms with Gasteiger partial charge in [0.1, 0.15) is 0 Å². The van der Waals surface area contributed by atoms with Gasteiger partial charge in [-0.15, -0.1) is 0 Å². The van der Waals surface area contributed by atoms with Gasteiger partial charge in [0, 0.05) is 24.8 Å². The summed E-state index contributed by atoms with van der Waals surface area (Å²) < 4.78 is 0. The third kappa shape index (κ3) is 2.91. The molecule has 19 heavy (non-hydrogen) atoms. The van der Waals surface area contributed by atoms with Gasteiger partial charge in [-0.1, -0.05) is 25.1 Å². The number of rotatable bonds is 4. The number of carbonyl (C=O) groups excluding carboxylic acids is 1. The van der Waals surface area contributed by atoms with E-state index >= 15 is 0 Å². The quantitative estimate of drug-likeness (QED) is 0.902. The van der Waals surface area contributed by atoms with E-state index in [4.69, 9.17) is 0 Å². The molecular formula is C16H24N2O. The third-order valence-corrected chi connectivity index (χ3v) is 4.12. The molecule has 2 unspecified atom stereocenters. The first-order valence-electron chi connectivity index (χ1n) is 7.29. The molecule has 0 aliphatic carbocycles. The van der Waals surface area contributed by atoms with Crippen LogP contribution in [0.5, 0.6) is 0 Å². The van der Waals surface area contributed by atoms with Crippen molar-refractivity contribution >= 4 is 11.6 Å². The highest BCUT2D eigenvalue weighted by atomic mass is 16.2. The van der Waals surface area contributed by atoms with Gasteiger partial charge in [-0.2, -0.15) is 0 Å². The smallest absolute Gasteiger partial charge is 0.228 e. The van der Waals surface area contributed by atoms with E-state index in [1.54, 1.807) is 0 Å². The molecule has 0 saturated heterocycles. The monoisotopic (exact) mass is 260 g/mol. The van der Waals surface area contributed by atoms with E-state index in [-0.39, 0.29) is 5.92 Å². The summed E-state index contributed by atoms with van der Waals surface area (Å²) in [5.41, 5.74) is 2.44. The van der Waals surface area contributed by atoms with Crippen LogP contribution in [0.4, 0.5) is 5.69 Å². The van der Waals surface area contributed by atoms with E-state index < -0.39 is 0 Å². The summed E-state index contributed by atoms with van der Waals surface area (Å²) in [4.78, 5) is 14.6. The Morgan fingerprint density at radius 2 is 2.16 bits per heavy atom. The molecule has 2 rings (SSSR count). The summed E-state index contributed by atoms with van der Waals surface area (Å²) in [6.45, 7) is 7.88. The fraction of sp³-hybridized carbons (Fsp3) is 0.562. The number of nitrogens with zero attached hydrogens (tertiary/aromatic N) is 1. The van der Waals surface area contributed by atoms with Crippen molar-refractivity contribution in [1.29, 1.82) is 0 Å². The lowest BCUT2D eigenvalue weighted by Crippen LogP contribution is -2.45. The van der Waals surface area contributed by atoms with Crippen LogP contribution >= 0.6 is 0 Å². The lowest BCUT2D eigenvalue weighted by Gasteiger charge is -2.33. The summed E-state index contributed by atoms with van der Waals surface area (Å²) in [7, 11) is 0. The van der Waals surface area contributed by atoms with Crippen molar-refractivity contribution < 1.29 is 4.79 Å². The van der Waals surface area contributed by atoms with E-state index in [0.29, 0.717) is 11.9 Å². The molecule has 0 bridgehead atoms. The molecule has 0 saturated carbocycles. The van der Waals surface area contributed by atoms with Gasteiger partial charge in [-0.05, 0) is 38.3 Å². The fourth-order valence-electron chi connectivity index (χ4n) is 2.76. The minimum absolute atomic E-state index is 0.0730. The summed E-state index contributed by atoms with van der Waals surface area (Å²) in [6.07, 6.45) is 1.87. The normalized spacial score (nSPS) is 19.2. The second kappa shape index (κ2) is 6.09. The van der Waals surface area contributed by atoms with Crippen LogP contribution in [0.3, 0.4) is 0 Å². The van der Waals surface area contributed by atoms with Crippen LogP contribution in [-0.2, 0) is 11.2 Å². The molecule has 1 aromatic rings. The molecule has 3 heteroatoms. The maximum absolute atomic E-state index is 12.6. The van der Waals surface area contributed by atoms with Gasteiger partial charge in [0.25, 0.3) is 0 Å². The topological polar surface area (TPSA) is 32.3 Å². The van der Waals surface area contributed by atoms with Crippen molar-refractivity contribution in [3.05, 3.63) is 29.8 Å². The number of fused-ring (bicyclic) bond motifs is 1. The predicted octanol–water partition coefficient (Wildman–Crippen LogP) is 2.92. The number of amides is 1. The van der Waals surface area contributed by atoms with Crippen LogP contribution in [-0.4, -0.2) is 29.9 Å². The molecule has 0 spiro atoms. The Balaban J connectivity index is 2.09. The van der Waals surface area contributed by atoms with Crippen molar-refractivity contribution in [2.75, 3.05) is 18.4 Å². The first-order chi connectivity index (χ1) is 9.17. The molecule has 0 fully saturated rings. The molecule has 0 aromatic heterocycles. The zero-order valence-electron chi connectivity index (χ0n) is 12.1. The molecule has 1 heterocycles. The minimum Gasteiger partial charge on any atom is -0.384 e. The highest BCUT2D eigenvalue weighted by Crippen LogP contribution is 2.25. The second-order valence-corrected chi connectivity index (χ2v) is 5.32. The maximum Gasteiger partial charge on any atom is 0.228 e. The van der Waals surface area contributed by atoms with Gasteiger partial charge in [0.2, 0.25) is 5.91 Å². The van der Waals surface area contributed by atoms with E-state index in [2.05, 4.69) is 38.2 Å². The van der Waals surface area contributed by atoms with Gasteiger partial charge in [-0.25, -0.2) is 0 Å². The fourth-order valence-corrected chi connectivity index (χ4v) is 2.76. The first-order valence-corrected chi connectivity index (χ1v) is 7.29. The number of hydrogen-bond acceptors (Lipinski definition) is 2. The van der Waals surface area contributed by atoms with E-state index in [1.165, 1.54) is 11.3 Å². The summed E-state index contributed by atoms with van der Waals surface area (Å²) >= 11 is 0. The Bertz CT molecular complexity index is 444. The average Bonchev–Trinajstić information content (AvgIpc) is 2.47. The highest BCUT2D eigenvalue weighted by molar-refractivity contribution is 5.81. The number of nitrogens with one attached hydrogen (secondary N) is 1. The number of hydrogen-bond donors (Lipinski definition) is 1. The van der Waals surface area contributed by atoms with Crippen molar-refractivity contribution in [2.24, 2.45) is 5.92 Å². The molecule has 1 aliphatic rings. The molecule has 1 aliphatic heterocycles. The predicted molar refractivity (Wildman–Crippen MR) is 79.3 cm³/mol. The molecule has 1 amide bonds. The molecule has 1 N–H and O–H groups in total. The molecule has 2 atom stereocenters. The van der Waals surface area contributed by atoms with Gasteiger partial charge in [-0.3, -0.25) is 4.79 Å². The lowest BCUT2D eigenvalue weighted by atomic mass is 9.92. The molecular weight excluding hydrogens is 236 g/mol. The summed E-state index contributed by atoms with van der Waals surface area (Å²) in [5.74, 6) is 0.364. The Kier molecular flexibility index (Phi) is 4.46. The van der Waals surface area contributed by atoms with Crippen LogP contribution < -0.4 is 5.32 Å². The molecule has 1 aromatic carbocycles. The standard InChI is InChI=1S/C16H24N2O/c1-4-12(3)18(5-2)16(19)14-10-13-8-6-7-9-15(13)17-11-14/h6-9,12,14,17H,4-5,10-11H2,1-3H3. The van der Waals surface area contributed by atoms with Crippen LogP contribution in [0.1, 0.15) is 32.8 Å². The van der Waals surface area contributed by atoms with Crippen LogP contribution in [0.25, 0.3) is 0 Å². The number of benzene rings is 1. The Labute approximate surface area is 116 Å². The zero-order valence-corrected chi connectivity index (χ0v) is 12.1. The first kappa shape index (κ1) is 13.9. The maximum atomic E-state index is 12.6. The van der Waals surface area contributed by atoms with Crippen molar-refractivity contribution in [3.8, 4) is 0 Å². The summed E-state index contributed by atoms with van der Waals surface area (Å²) in [5, 5.41) is 3.38. The highest BCUT2D eigenvalue weighted by Gasteiger charge is 2.29. The summed E-state index contributed by atoms with van der Waals surface area (Å²) in [6, 6.07) is 8.60. The largest absolute Gasteiger partial charge is 0.384 e. The van der Waals surface area contributed by atoms with Gasteiger partial charge >= 0.3 is 0 Å². The zero-order chi connectivity index (χ0) is 13.8. The van der Waals surface area contributed by atoms with E-state index in [1.807, 2.05) is 17.0 Å². The lowest BCUT2D eigenvalue weighted by molar-refractivity contribution is -0.137. The minimum atomic E-state index is 0.0730. The van der Waals surface area contributed by atoms with Crippen molar-refractivity contribution in [2.45, 2.75) is 39.7 Å². The molecule has 104 valence electrons. The third-order valence-electron chi connectivity index (χ3n) is 4.12. The van der Waals surface area contributed by atoms with Crippen molar-refractivity contribution in [1.82, 2.24) is 4.90 Å². The second-order valence-electron chi connectivity index (χ2n) is 5.32. The van der Waals surface area contributed by atoms with Gasteiger partial charge < -0.3 is 10.2 Å². The van der Waals surface area contributed by atoms with Crippen LogP contribution in [0.2, 0.25) is 0 Å². The van der Waals surface area contributed by atoms with Crippen LogP contribution in [0.15, 0.2) is 24.3 Å². The van der Waals surface area contributed by atoms with Gasteiger partial charge in [0.15, 0.2) is 0 Å². The van der Waals surface area contributed by atoms with Crippen LogP contribution in [0, 0.1) is 5.92 Å². The Morgan fingerprint density at radius 3 is 2.84 bits per heavy atom. The average molecular weight is 260 g/mol. The number of para-hydroxylation sites is 1.